The van der Waals surface area contributed by atoms with Crippen LogP contribution in [0.5, 0.6) is 0 Å². The highest BCUT2D eigenvalue weighted by Crippen LogP contribution is 2.09. The van der Waals surface area contributed by atoms with Gasteiger partial charge in [0.05, 0.1) is 24.5 Å². The molecule has 2 rings (SSSR count). The van der Waals surface area contributed by atoms with Crippen molar-refractivity contribution < 1.29 is 5.11 Å². The lowest BCUT2D eigenvalue weighted by atomic mass is 10.1. The van der Waals surface area contributed by atoms with Crippen molar-refractivity contribution in [1.29, 1.82) is 0 Å². The largest absolute Gasteiger partial charge is 0.396 e. The number of nitrogen functional groups attached to an aromatic ring is 1. The highest BCUT2D eigenvalue weighted by atomic mass is 16.3. The molecule has 0 spiro atoms. The van der Waals surface area contributed by atoms with Crippen molar-refractivity contribution in [2.45, 2.75) is 31.9 Å². The van der Waals surface area contributed by atoms with Crippen molar-refractivity contribution in [2.24, 2.45) is 0 Å². The molecule has 1 atom stereocenters. The molecule has 1 aromatic heterocycles. The predicted octanol–water partition coefficient (Wildman–Crippen LogP) is 0.312. The molecule has 1 aliphatic rings. The molecule has 3 N–H and O–H groups in total. The molecular formula is C11H20N4O. The highest BCUT2D eigenvalue weighted by molar-refractivity contribution is 5.30. The Balaban J connectivity index is 1.77. The Hall–Kier alpha value is -1.07. The van der Waals surface area contributed by atoms with Crippen LogP contribution in [0.3, 0.4) is 0 Å². The molecular weight excluding hydrogens is 204 g/mol. The van der Waals surface area contributed by atoms with Crippen molar-refractivity contribution in [3.63, 3.8) is 0 Å². The summed E-state index contributed by atoms with van der Waals surface area (Å²) in [5.41, 5.74) is 6.21. The third-order valence-corrected chi connectivity index (χ3v) is 2.97. The summed E-state index contributed by atoms with van der Waals surface area (Å²) in [5.74, 6) is 0. The van der Waals surface area contributed by atoms with Crippen LogP contribution in [-0.2, 0) is 6.54 Å². The molecule has 5 heteroatoms. The Bertz CT molecular complexity index is 320. The van der Waals surface area contributed by atoms with Crippen LogP contribution in [0.25, 0.3) is 0 Å². The number of aliphatic hydroxyl groups is 1. The van der Waals surface area contributed by atoms with Crippen LogP contribution in [0.4, 0.5) is 5.69 Å². The summed E-state index contributed by atoms with van der Waals surface area (Å²) in [7, 11) is 0. The summed E-state index contributed by atoms with van der Waals surface area (Å²) in [6.07, 6.45) is 6.82. The van der Waals surface area contributed by atoms with E-state index in [0.29, 0.717) is 12.2 Å². The summed E-state index contributed by atoms with van der Waals surface area (Å²) in [5, 5.41) is 14.0. The van der Waals surface area contributed by atoms with Crippen molar-refractivity contribution in [1.82, 2.24) is 14.7 Å². The Kier molecular flexibility index (Phi) is 3.79. The van der Waals surface area contributed by atoms with Crippen LogP contribution < -0.4 is 5.73 Å². The van der Waals surface area contributed by atoms with Gasteiger partial charge in [-0.05, 0) is 25.9 Å². The van der Waals surface area contributed by atoms with E-state index >= 15 is 0 Å². The van der Waals surface area contributed by atoms with Crippen LogP contribution in [0.2, 0.25) is 0 Å². The molecule has 0 bridgehead atoms. The van der Waals surface area contributed by atoms with Crippen LogP contribution in [0.15, 0.2) is 12.4 Å². The van der Waals surface area contributed by atoms with Gasteiger partial charge in [-0.2, -0.15) is 5.10 Å². The first kappa shape index (κ1) is 11.4. The number of rotatable bonds is 4. The van der Waals surface area contributed by atoms with Crippen LogP contribution in [0.1, 0.15) is 19.3 Å². The molecule has 1 saturated heterocycles. The predicted molar refractivity (Wildman–Crippen MR) is 62.9 cm³/mol. The van der Waals surface area contributed by atoms with E-state index in [1.165, 1.54) is 19.3 Å². The summed E-state index contributed by atoms with van der Waals surface area (Å²) >= 11 is 0. The Labute approximate surface area is 95.8 Å². The van der Waals surface area contributed by atoms with E-state index in [0.717, 1.165) is 19.6 Å². The van der Waals surface area contributed by atoms with E-state index in [-0.39, 0.29) is 6.10 Å². The van der Waals surface area contributed by atoms with Crippen molar-refractivity contribution in [2.75, 3.05) is 25.4 Å². The maximum Gasteiger partial charge on any atom is 0.0862 e. The normalized spacial score (nSPS) is 19.8. The number of hydrogen-bond acceptors (Lipinski definition) is 4. The number of aromatic nitrogens is 2. The molecule has 0 aliphatic carbocycles. The SMILES string of the molecule is Nc1cnn(CC(O)CN2CCCCC2)c1. The Morgan fingerprint density at radius 2 is 2.06 bits per heavy atom. The van der Waals surface area contributed by atoms with Crippen molar-refractivity contribution in [3.05, 3.63) is 12.4 Å². The number of aliphatic hydroxyl groups excluding tert-OH is 1. The number of nitrogens with two attached hydrogens (primary N) is 1. The van der Waals surface area contributed by atoms with Gasteiger partial charge in [-0.15, -0.1) is 0 Å². The Morgan fingerprint density at radius 3 is 2.69 bits per heavy atom. The van der Waals surface area contributed by atoms with Gasteiger partial charge in [-0.25, -0.2) is 0 Å². The molecule has 1 unspecified atom stereocenters. The van der Waals surface area contributed by atoms with Gasteiger partial charge in [0.2, 0.25) is 0 Å². The van der Waals surface area contributed by atoms with Gasteiger partial charge in [0.15, 0.2) is 0 Å². The molecule has 0 amide bonds. The second-order valence-electron chi connectivity index (χ2n) is 4.51. The number of β-amino-alcohol motifs (C(OH)–C–C–N with tert-alkyl or cyclic N) is 1. The molecule has 2 heterocycles. The zero-order valence-corrected chi connectivity index (χ0v) is 9.55. The average Bonchev–Trinajstić information content (AvgIpc) is 2.65. The van der Waals surface area contributed by atoms with E-state index in [1.54, 1.807) is 17.1 Å². The fourth-order valence-corrected chi connectivity index (χ4v) is 2.19. The standard InChI is InChI=1S/C11H20N4O/c12-10-6-13-15(7-10)9-11(16)8-14-4-2-1-3-5-14/h6-7,11,16H,1-5,8-9,12H2. The molecule has 1 aliphatic heterocycles. The van der Waals surface area contributed by atoms with E-state index < -0.39 is 0 Å². The van der Waals surface area contributed by atoms with Crippen LogP contribution >= 0.6 is 0 Å². The molecule has 0 saturated carbocycles. The fourth-order valence-electron chi connectivity index (χ4n) is 2.19. The molecule has 16 heavy (non-hydrogen) atoms. The topological polar surface area (TPSA) is 67.3 Å². The third-order valence-electron chi connectivity index (χ3n) is 2.97. The fraction of sp³-hybridized carbons (Fsp3) is 0.727. The molecule has 1 aromatic rings. The third kappa shape index (κ3) is 3.21. The number of likely N-dealkylation sites (tertiary alicyclic amines) is 1. The lowest BCUT2D eigenvalue weighted by Crippen LogP contribution is -2.38. The smallest absolute Gasteiger partial charge is 0.0862 e. The minimum atomic E-state index is -0.364. The van der Waals surface area contributed by atoms with E-state index in [1.807, 2.05) is 0 Å². The molecule has 0 aromatic carbocycles. The second-order valence-corrected chi connectivity index (χ2v) is 4.51. The van der Waals surface area contributed by atoms with Gasteiger partial charge in [0.1, 0.15) is 0 Å². The minimum absolute atomic E-state index is 0.364. The Morgan fingerprint density at radius 1 is 1.31 bits per heavy atom. The lowest BCUT2D eigenvalue weighted by Gasteiger charge is -2.28. The van der Waals surface area contributed by atoms with Crippen molar-refractivity contribution >= 4 is 5.69 Å². The van der Waals surface area contributed by atoms with Gasteiger partial charge in [0.25, 0.3) is 0 Å². The molecule has 90 valence electrons. The quantitative estimate of drug-likeness (QED) is 0.772. The number of hydrogen-bond donors (Lipinski definition) is 2. The van der Waals surface area contributed by atoms with Gasteiger partial charge in [0, 0.05) is 12.7 Å². The van der Waals surface area contributed by atoms with E-state index in [4.69, 9.17) is 5.73 Å². The molecule has 5 nitrogen and oxygen atoms in total. The summed E-state index contributed by atoms with van der Waals surface area (Å²) in [4.78, 5) is 2.32. The second kappa shape index (κ2) is 5.32. The van der Waals surface area contributed by atoms with Gasteiger partial charge >= 0.3 is 0 Å². The van der Waals surface area contributed by atoms with Crippen LogP contribution in [-0.4, -0.2) is 45.5 Å². The average molecular weight is 224 g/mol. The van der Waals surface area contributed by atoms with Gasteiger partial charge in [-0.1, -0.05) is 6.42 Å². The van der Waals surface area contributed by atoms with E-state index in [9.17, 15) is 5.11 Å². The minimum Gasteiger partial charge on any atom is -0.396 e. The first-order valence-electron chi connectivity index (χ1n) is 5.92. The number of anilines is 1. The summed E-state index contributed by atoms with van der Waals surface area (Å²) in [6.45, 7) is 3.48. The monoisotopic (exact) mass is 224 g/mol. The maximum absolute atomic E-state index is 9.92. The lowest BCUT2D eigenvalue weighted by molar-refractivity contribution is 0.0856. The number of piperidine rings is 1. The summed E-state index contributed by atoms with van der Waals surface area (Å²) in [6, 6.07) is 0. The zero-order chi connectivity index (χ0) is 11.4. The highest BCUT2D eigenvalue weighted by Gasteiger charge is 2.14. The first-order valence-corrected chi connectivity index (χ1v) is 5.92. The zero-order valence-electron chi connectivity index (χ0n) is 9.55. The van der Waals surface area contributed by atoms with E-state index in [2.05, 4.69) is 10.00 Å². The van der Waals surface area contributed by atoms with Gasteiger partial charge in [-0.3, -0.25) is 4.68 Å². The van der Waals surface area contributed by atoms with Gasteiger partial charge < -0.3 is 15.7 Å². The maximum atomic E-state index is 9.92. The van der Waals surface area contributed by atoms with Crippen molar-refractivity contribution in [3.8, 4) is 0 Å². The molecule has 0 radical (unpaired) electrons. The first-order chi connectivity index (χ1) is 7.74. The molecule has 1 fully saturated rings. The number of nitrogens with zero attached hydrogens (tertiary/aromatic N) is 3. The van der Waals surface area contributed by atoms with Crippen LogP contribution in [0, 0.1) is 0 Å². The summed E-state index contributed by atoms with van der Waals surface area (Å²) < 4.78 is 1.70.